The molecule has 2 aromatic rings. The highest BCUT2D eigenvalue weighted by molar-refractivity contribution is 5.32. The summed E-state index contributed by atoms with van der Waals surface area (Å²) >= 11 is 0. The van der Waals surface area contributed by atoms with Crippen LogP contribution in [-0.2, 0) is 11.3 Å². The van der Waals surface area contributed by atoms with E-state index in [1.54, 1.807) is 19.2 Å². The van der Waals surface area contributed by atoms with E-state index < -0.39 is 0 Å². The SMILES string of the molecule is CNCc1ccc(F)cc1.COc1ccc(C)cc1.O=CO.OC1CCNC1. The van der Waals surface area contributed by atoms with Gasteiger partial charge in [0.15, 0.2) is 0 Å². The minimum absolute atomic E-state index is 0.0648. The van der Waals surface area contributed by atoms with Crippen molar-refractivity contribution in [2.45, 2.75) is 26.0 Å². The number of carboxylic acid groups (broad SMARTS) is 1. The lowest BCUT2D eigenvalue weighted by Crippen LogP contribution is -2.11. The van der Waals surface area contributed by atoms with Crippen molar-refractivity contribution in [2.24, 2.45) is 0 Å². The number of hydrogen-bond donors (Lipinski definition) is 4. The van der Waals surface area contributed by atoms with E-state index in [0.29, 0.717) is 0 Å². The highest BCUT2D eigenvalue weighted by Crippen LogP contribution is 2.09. The molecule has 1 aliphatic heterocycles. The Bertz CT molecular complexity index is 615. The lowest BCUT2D eigenvalue weighted by atomic mass is 10.2. The quantitative estimate of drug-likeness (QED) is 0.599. The third kappa shape index (κ3) is 13.7. The number of aliphatic hydroxyl groups is 1. The zero-order chi connectivity index (χ0) is 21.2. The summed E-state index contributed by atoms with van der Waals surface area (Å²) in [6, 6.07) is 14.4. The maximum atomic E-state index is 12.3. The number of methoxy groups -OCH3 is 1. The molecule has 7 heteroatoms. The second-order valence-electron chi connectivity index (χ2n) is 5.93. The average Bonchev–Trinajstić information content (AvgIpc) is 3.17. The monoisotopic (exact) mass is 394 g/mol. The van der Waals surface area contributed by atoms with Crippen LogP contribution in [0.4, 0.5) is 4.39 Å². The average molecular weight is 394 g/mol. The van der Waals surface area contributed by atoms with Crippen LogP contribution in [0.15, 0.2) is 48.5 Å². The van der Waals surface area contributed by atoms with Crippen LogP contribution in [-0.4, -0.2) is 50.0 Å². The van der Waals surface area contributed by atoms with Crippen LogP contribution in [0.3, 0.4) is 0 Å². The fourth-order valence-electron chi connectivity index (χ4n) is 2.12. The maximum Gasteiger partial charge on any atom is 0.290 e. The fourth-order valence-corrected chi connectivity index (χ4v) is 2.12. The van der Waals surface area contributed by atoms with Gasteiger partial charge in [-0.3, -0.25) is 4.79 Å². The van der Waals surface area contributed by atoms with Crippen LogP contribution in [0.1, 0.15) is 17.5 Å². The number of hydrogen-bond acceptors (Lipinski definition) is 5. The van der Waals surface area contributed by atoms with Crippen LogP contribution < -0.4 is 15.4 Å². The highest BCUT2D eigenvalue weighted by atomic mass is 19.1. The Morgan fingerprint density at radius 3 is 2.14 bits per heavy atom. The van der Waals surface area contributed by atoms with E-state index >= 15 is 0 Å². The van der Waals surface area contributed by atoms with Crippen molar-refractivity contribution < 1.29 is 24.1 Å². The van der Waals surface area contributed by atoms with E-state index in [2.05, 4.69) is 17.6 Å². The van der Waals surface area contributed by atoms with E-state index in [9.17, 15) is 4.39 Å². The lowest BCUT2D eigenvalue weighted by molar-refractivity contribution is -0.122. The summed E-state index contributed by atoms with van der Waals surface area (Å²) in [6.45, 7) is 4.38. The Labute approximate surface area is 166 Å². The normalized spacial score (nSPS) is 14.2. The van der Waals surface area contributed by atoms with Gasteiger partial charge in [-0.25, -0.2) is 4.39 Å². The Kier molecular flexibility index (Phi) is 15.2. The second kappa shape index (κ2) is 16.7. The molecule has 6 nitrogen and oxygen atoms in total. The molecule has 0 bridgehead atoms. The molecular weight excluding hydrogens is 363 g/mol. The summed E-state index contributed by atoms with van der Waals surface area (Å²) in [7, 11) is 3.54. The first-order chi connectivity index (χ1) is 13.5. The van der Waals surface area contributed by atoms with Gasteiger partial charge in [0.25, 0.3) is 6.47 Å². The first-order valence-corrected chi connectivity index (χ1v) is 8.93. The van der Waals surface area contributed by atoms with E-state index in [1.807, 2.05) is 31.3 Å². The number of rotatable bonds is 3. The van der Waals surface area contributed by atoms with Gasteiger partial charge in [0.1, 0.15) is 11.6 Å². The van der Waals surface area contributed by atoms with E-state index in [4.69, 9.17) is 19.7 Å². The predicted octanol–water partition coefficient (Wildman–Crippen LogP) is 2.59. The minimum Gasteiger partial charge on any atom is -0.497 e. The summed E-state index contributed by atoms with van der Waals surface area (Å²) < 4.78 is 17.3. The molecule has 156 valence electrons. The summed E-state index contributed by atoms with van der Waals surface area (Å²) in [6.07, 6.45) is 0.866. The molecule has 0 saturated carbocycles. The van der Waals surface area contributed by atoms with Crippen molar-refractivity contribution in [3.63, 3.8) is 0 Å². The molecule has 1 unspecified atom stereocenters. The molecule has 1 saturated heterocycles. The first-order valence-electron chi connectivity index (χ1n) is 8.93. The largest absolute Gasteiger partial charge is 0.497 e. The summed E-state index contributed by atoms with van der Waals surface area (Å²) in [5.74, 6) is 0.737. The van der Waals surface area contributed by atoms with E-state index in [0.717, 1.165) is 37.4 Å². The Morgan fingerprint density at radius 1 is 1.21 bits per heavy atom. The van der Waals surface area contributed by atoms with Crippen LogP contribution in [0.25, 0.3) is 0 Å². The van der Waals surface area contributed by atoms with Gasteiger partial charge < -0.3 is 25.6 Å². The molecule has 2 aromatic carbocycles. The Hall–Kier alpha value is -2.48. The van der Waals surface area contributed by atoms with Crippen LogP contribution in [0.2, 0.25) is 0 Å². The van der Waals surface area contributed by atoms with Crippen molar-refractivity contribution in [3.8, 4) is 5.75 Å². The molecule has 1 aliphatic rings. The van der Waals surface area contributed by atoms with Crippen molar-refractivity contribution in [2.75, 3.05) is 27.2 Å². The summed E-state index contributed by atoms with van der Waals surface area (Å²) in [5, 5.41) is 21.6. The van der Waals surface area contributed by atoms with Gasteiger partial charge in [-0.05, 0) is 56.8 Å². The molecule has 1 heterocycles. The molecule has 0 aromatic heterocycles. The Morgan fingerprint density at radius 2 is 1.79 bits per heavy atom. The predicted molar refractivity (Wildman–Crippen MR) is 109 cm³/mol. The van der Waals surface area contributed by atoms with Gasteiger partial charge in [-0.2, -0.15) is 0 Å². The molecule has 4 N–H and O–H groups in total. The fraction of sp³-hybridized carbons (Fsp3) is 0.381. The molecule has 1 fully saturated rings. The molecule has 0 radical (unpaired) electrons. The van der Waals surface area contributed by atoms with Gasteiger partial charge in [0.05, 0.1) is 13.2 Å². The van der Waals surface area contributed by atoms with Gasteiger partial charge >= 0.3 is 0 Å². The van der Waals surface area contributed by atoms with Crippen molar-refractivity contribution >= 4 is 6.47 Å². The molecule has 0 aliphatic carbocycles. The smallest absolute Gasteiger partial charge is 0.290 e. The number of aryl methyl sites for hydroxylation is 1. The molecular formula is C21H31FN2O4. The maximum absolute atomic E-state index is 12.3. The number of benzene rings is 2. The number of nitrogens with one attached hydrogen (secondary N) is 2. The second-order valence-corrected chi connectivity index (χ2v) is 5.93. The third-order valence-electron chi connectivity index (χ3n) is 3.59. The zero-order valence-corrected chi connectivity index (χ0v) is 16.7. The van der Waals surface area contributed by atoms with E-state index in [1.165, 1.54) is 17.7 Å². The van der Waals surface area contributed by atoms with Gasteiger partial charge in [0, 0.05) is 13.1 Å². The molecule has 1 atom stereocenters. The number of β-amino-alcohol motifs (C(OH)–C–C–N with tert-alkyl or cyclic N) is 1. The number of carbonyl (C=O) groups is 1. The summed E-state index contributed by atoms with van der Waals surface area (Å²) in [5.41, 5.74) is 2.36. The van der Waals surface area contributed by atoms with E-state index in [-0.39, 0.29) is 18.4 Å². The lowest BCUT2D eigenvalue weighted by Gasteiger charge is -1.97. The Balaban J connectivity index is 0.000000373. The van der Waals surface area contributed by atoms with Crippen molar-refractivity contribution in [1.82, 2.24) is 10.6 Å². The van der Waals surface area contributed by atoms with Gasteiger partial charge in [-0.15, -0.1) is 0 Å². The van der Waals surface area contributed by atoms with Crippen LogP contribution in [0.5, 0.6) is 5.75 Å². The highest BCUT2D eigenvalue weighted by Gasteiger charge is 2.08. The third-order valence-corrected chi connectivity index (χ3v) is 3.59. The van der Waals surface area contributed by atoms with Crippen LogP contribution >= 0.6 is 0 Å². The number of ether oxygens (including phenoxy) is 1. The van der Waals surface area contributed by atoms with Gasteiger partial charge in [0.2, 0.25) is 0 Å². The molecule has 28 heavy (non-hydrogen) atoms. The number of aliphatic hydroxyl groups excluding tert-OH is 1. The zero-order valence-electron chi connectivity index (χ0n) is 16.7. The molecule has 3 rings (SSSR count). The van der Waals surface area contributed by atoms with Crippen LogP contribution in [0, 0.1) is 12.7 Å². The molecule has 0 amide bonds. The minimum atomic E-state index is -0.250. The summed E-state index contributed by atoms with van der Waals surface area (Å²) in [4.78, 5) is 8.36. The number of halogens is 1. The van der Waals surface area contributed by atoms with Gasteiger partial charge in [-0.1, -0.05) is 29.8 Å². The standard InChI is InChI=1S/C8H10FN.C8H10O.C4H9NO.CH2O2/c1-10-6-7-2-4-8(9)5-3-7;1-7-3-5-8(9-2)6-4-7;6-4-1-2-5-3-4;2-1-3/h2-5,10H,6H2,1H3;3-6H,1-2H3;4-6H,1-3H2;1H,(H,2,3). The first kappa shape index (κ1) is 25.5. The van der Waals surface area contributed by atoms with Crippen molar-refractivity contribution in [1.29, 1.82) is 0 Å². The van der Waals surface area contributed by atoms with Crippen molar-refractivity contribution in [3.05, 3.63) is 65.5 Å². The topological polar surface area (TPSA) is 90.8 Å². The molecule has 0 spiro atoms.